The van der Waals surface area contributed by atoms with E-state index in [9.17, 15) is 9.59 Å². The maximum Gasteiger partial charge on any atom is 0.256 e. The van der Waals surface area contributed by atoms with Gasteiger partial charge in [-0.15, -0.1) is 10.2 Å². The van der Waals surface area contributed by atoms with Gasteiger partial charge in [-0.05, 0) is 36.4 Å². The van der Waals surface area contributed by atoms with Crippen LogP contribution in [0.15, 0.2) is 77.8 Å². The van der Waals surface area contributed by atoms with Crippen molar-refractivity contribution < 1.29 is 9.59 Å². The summed E-state index contributed by atoms with van der Waals surface area (Å²) < 4.78 is 0. The Morgan fingerprint density at radius 2 is 1.52 bits per heavy atom. The van der Waals surface area contributed by atoms with Gasteiger partial charge in [0.2, 0.25) is 5.91 Å². The Balaban J connectivity index is 1.23. The Hall–Kier alpha value is -3.39. The molecule has 2 amide bonds. The number of nitrogens with zero attached hydrogens (tertiary/aromatic N) is 4. The van der Waals surface area contributed by atoms with Crippen molar-refractivity contribution in [3.05, 3.63) is 78.4 Å². The second kappa shape index (κ2) is 10.1. The lowest BCUT2D eigenvalue weighted by atomic mass is 10.2. The maximum absolute atomic E-state index is 12.6. The van der Waals surface area contributed by atoms with E-state index in [1.54, 1.807) is 36.4 Å². The van der Waals surface area contributed by atoms with Crippen molar-refractivity contribution >= 4 is 35.1 Å². The molecule has 1 aromatic heterocycles. The van der Waals surface area contributed by atoms with Crippen molar-refractivity contribution in [2.45, 2.75) is 5.03 Å². The molecule has 0 spiro atoms. The number of nitrogens with one attached hydrogen (secondary N) is 1. The number of thioether (sulfide) groups is 1. The van der Waals surface area contributed by atoms with Gasteiger partial charge in [0.05, 0.1) is 5.75 Å². The summed E-state index contributed by atoms with van der Waals surface area (Å²) in [4.78, 5) is 28.9. The topological polar surface area (TPSA) is 78.4 Å². The van der Waals surface area contributed by atoms with Crippen LogP contribution in [-0.2, 0) is 4.79 Å². The molecule has 0 radical (unpaired) electrons. The molecule has 7 nitrogen and oxygen atoms in total. The molecule has 1 N–H and O–H groups in total. The summed E-state index contributed by atoms with van der Waals surface area (Å²) in [6.45, 7) is 3.08. The summed E-state index contributed by atoms with van der Waals surface area (Å²) >= 11 is 1.35. The minimum absolute atomic E-state index is 0.0981. The van der Waals surface area contributed by atoms with Crippen molar-refractivity contribution in [3.8, 4) is 0 Å². The van der Waals surface area contributed by atoms with Crippen molar-refractivity contribution in [2.75, 3.05) is 42.1 Å². The summed E-state index contributed by atoms with van der Waals surface area (Å²) in [6, 6.07) is 22.6. The highest BCUT2D eigenvalue weighted by atomic mass is 32.2. The van der Waals surface area contributed by atoms with E-state index in [1.165, 1.54) is 17.4 Å². The summed E-state index contributed by atoms with van der Waals surface area (Å²) in [5.41, 5.74) is 1.75. The van der Waals surface area contributed by atoms with Crippen LogP contribution in [0, 0.1) is 0 Å². The van der Waals surface area contributed by atoms with E-state index < -0.39 is 0 Å². The molecule has 31 heavy (non-hydrogen) atoms. The Morgan fingerprint density at radius 1 is 0.839 bits per heavy atom. The monoisotopic (exact) mass is 433 g/mol. The summed E-state index contributed by atoms with van der Waals surface area (Å²) in [5.74, 6) is 0.554. The number of hydrogen-bond acceptors (Lipinski definition) is 6. The molecule has 2 heterocycles. The van der Waals surface area contributed by atoms with Gasteiger partial charge in [-0.2, -0.15) is 0 Å². The van der Waals surface area contributed by atoms with Gasteiger partial charge in [-0.3, -0.25) is 9.59 Å². The van der Waals surface area contributed by atoms with Crippen molar-refractivity contribution in [1.82, 2.24) is 15.1 Å². The van der Waals surface area contributed by atoms with Crippen LogP contribution in [0.1, 0.15) is 10.4 Å². The predicted octanol–water partition coefficient (Wildman–Crippen LogP) is 3.17. The molecular formula is C23H23N5O2S. The maximum atomic E-state index is 12.6. The highest BCUT2D eigenvalue weighted by molar-refractivity contribution is 7.99. The number of carbonyl (C=O) groups excluding carboxylic acids is 2. The quantitative estimate of drug-likeness (QED) is 0.602. The minimum Gasteiger partial charge on any atom is -0.368 e. The molecule has 1 aliphatic rings. The molecule has 0 unspecified atom stereocenters. The van der Waals surface area contributed by atoms with Crippen LogP contribution in [-0.4, -0.2) is 58.8 Å². The van der Waals surface area contributed by atoms with E-state index in [2.05, 4.69) is 32.5 Å². The smallest absolute Gasteiger partial charge is 0.256 e. The molecule has 3 aromatic rings. The SMILES string of the molecule is O=C(Nc1ccc(SCC(=O)N2CCN(c3ccccc3)CC2)nn1)c1ccccc1. The first-order chi connectivity index (χ1) is 15.2. The molecule has 0 saturated carbocycles. The Labute approximate surface area is 185 Å². The lowest BCUT2D eigenvalue weighted by molar-refractivity contribution is -0.128. The Bertz CT molecular complexity index is 1010. The Kier molecular flexibility index (Phi) is 6.78. The van der Waals surface area contributed by atoms with Gasteiger partial charge in [0.25, 0.3) is 5.91 Å². The zero-order chi connectivity index (χ0) is 21.5. The number of aromatic nitrogens is 2. The van der Waals surface area contributed by atoms with Crippen LogP contribution in [0.5, 0.6) is 0 Å². The van der Waals surface area contributed by atoms with Gasteiger partial charge in [0.15, 0.2) is 5.82 Å². The standard InChI is InChI=1S/C23H23N5O2S/c29-22(28-15-13-27(14-16-28)19-9-5-2-6-10-19)17-31-21-12-11-20(25-26-21)24-23(30)18-7-3-1-4-8-18/h1-12H,13-17H2,(H,24,25,30). The zero-order valence-electron chi connectivity index (χ0n) is 17.0. The largest absolute Gasteiger partial charge is 0.368 e. The number of piperazine rings is 1. The fourth-order valence-corrected chi connectivity index (χ4v) is 4.04. The number of amides is 2. The van der Waals surface area contributed by atoms with Crippen LogP contribution < -0.4 is 10.2 Å². The molecule has 8 heteroatoms. The van der Waals surface area contributed by atoms with Crippen LogP contribution in [0.2, 0.25) is 0 Å². The van der Waals surface area contributed by atoms with Crippen molar-refractivity contribution in [2.24, 2.45) is 0 Å². The van der Waals surface area contributed by atoms with Gasteiger partial charge in [0.1, 0.15) is 5.03 Å². The third kappa shape index (κ3) is 5.61. The molecule has 0 aliphatic carbocycles. The molecular weight excluding hydrogens is 410 g/mol. The normalized spacial score (nSPS) is 13.7. The number of rotatable bonds is 6. The third-order valence-corrected chi connectivity index (χ3v) is 5.92. The molecule has 0 bridgehead atoms. The Morgan fingerprint density at radius 3 is 2.16 bits per heavy atom. The first-order valence-electron chi connectivity index (χ1n) is 10.1. The highest BCUT2D eigenvalue weighted by Gasteiger charge is 2.21. The van der Waals surface area contributed by atoms with Gasteiger partial charge < -0.3 is 15.1 Å². The van der Waals surface area contributed by atoms with Crippen LogP contribution in [0.3, 0.4) is 0 Å². The number of hydrogen-bond donors (Lipinski definition) is 1. The average molecular weight is 434 g/mol. The average Bonchev–Trinajstić information content (AvgIpc) is 2.84. The molecule has 2 aromatic carbocycles. The van der Waals surface area contributed by atoms with Gasteiger partial charge >= 0.3 is 0 Å². The minimum atomic E-state index is -0.236. The van der Waals surface area contributed by atoms with Crippen LogP contribution in [0.4, 0.5) is 11.5 Å². The predicted molar refractivity (Wildman–Crippen MR) is 122 cm³/mol. The number of para-hydroxylation sites is 1. The first-order valence-corrected chi connectivity index (χ1v) is 11.1. The molecule has 0 atom stereocenters. The second-order valence-electron chi connectivity index (χ2n) is 7.07. The number of carbonyl (C=O) groups is 2. The van der Waals surface area contributed by atoms with Crippen molar-refractivity contribution in [1.29, 1.82) is 0 Å². The summed E-state index contributed by atoms with van der Waals surface area (Å²) in [5, 5.41) is 11.5. The second-order valence-corrected chi connectivity index (χ2v) is 8.06. The van der Waals surface area contributed by atoms with Gasteiger partial charge in [-0.25, -0.2) is 0 Å². The van der Waals surface area contributed by atoms with Crippen molar-refractivity contribution in [3.63, 3.8) is 0 Å². The third-order valence-electron chi connectivity index (χ3n) is 5.01. The van der Waals surface area contributed by atoms with Crippen LogP contribution >= 0.6 is 11.8 Å². The van der Waals surface area contributed by atoms with E-state index in [4.69, 9.17) is 0 Å². The summed E-state index contributed by atoms with van der Waals surface area (Å²) in [6.07, 6.45) is 0. The van der Waals surface area contributed by atoms with E-state index in [-0.39, 0.29) is 11.8 Å². The molecule has 1 aliphatic heterocycles. The molecule has 1 saturated heterocycles. The van der Waals surface area contributed by atoms with E-state index >= 15 is 0 Å². The fraction of sp³-hybridized carbons (Fsp3) is 0.217. The zero-order valence-corrected chi connectivity index (χ0v) is 17.8. The van der Waals surface area contributed by atoms with E-state index in [0.29, 0.717) is 35.2 Å². The van der Waals surface area contributed by atoms with Gasteiger partial charge in [0, 0.05) is 37.4 Å². The van der Waals surface area contributed by atoms with Gasteiger partial charge in [-0.1, -0.05) is 48.2 Å². The van der Waals surface area contributed by atoms with E-state index in [0.717, 1.165) is 13.1 Å². The number of anilines is 2. The summed E-state index contributed by atoms with van der Waals surface area (Å²) in [7, 11) is 0. The van der Waals surface area contributed by atoms with E-state index in [1.807, 2.05) is 29.2 Å². The lowest BCUT2D eigenvalue weighted by Crippen LogP contribution is -2.49. The molecule has 1 fully saturated rings. The molecule has 4 rings (SSSR count). The first kappa shape index (κ1) is 20.9. The highest BCUT2D eigenvalue weighted by Crippen LogP contribution is 2.19. The fourth-order valence-electron chi connectivity index (χ4n) is 3.32. The molecule has 158 valence electrons. The van der Waals surface area contributed by atoms with Crippen LogP contribution in [0.25, 0.3) is 0 Å². The number of benzene rings is 2. The lowest BCUT2D eigenvalue weighted by Gasteiger charge is -2.36.